The van der Waals surface area contributed by atoms with E-state index in [1.54, 1.807) is 6.07 Å². The van der Waals surface area contributed by atoms with Gasteiger partial charge >= 0.3 is 5.97 Å². The van der Waals surface area contributed by atoms with Gasteiger partial charge in [-0.2, -0.15) is 0 Å². The summed E-state index contributed by atoms with van der Waals surface area (Å²) in [4.78, 5) is 24.7. The molecule has 0 atom stereocenters. The summed E-state index contributed by atoms with van der Waals surface area (Å²) in [5.41, 5.74) is 0.629. The summed E-state index contributed by atoms with van der Waals surface area (Å²) in [5, 5.41) is 8.89. The van der Waals surface area contributed by atoms with Crippen LogP contribution >= 0.6 is 11.8 Å². The van der Waals surface area contributed by atoms with E-state index in [2.05, 4.69) is 0 Å². The second-order valence-corrected chi connectivity index (χ2v) is 5.50. The number of likely N-dealkylation sites (tertiary alicyclic amines) is 1. The van der Waals surface area contributed by atoms with Gasteiger partial charge in [-0.15, -0.1) is 11.8 Å². The summed E-state index contributed by atoms with van der Waals surface area (Å²) in [6.07, 6.45) is 4.74. The van der Waals surface area contributed by atoms with Crippen molar-refractivity contribution in [3.05, 3.63) is 23.7 Å². The zero-order valence-electron chi connectivity index (χ0n) is 10.6. The van der Waals surface area contributed by atoms with Gasteiger partial charge in [0.15, 0.2) is 0 Å². The van der Waals surface area contributed by atoms with Crippen LogP contribution in [0, 0.1) is 0 Å². The van der Waals surface area contributed by atoms with Crippen molar-refractivity contribution >= 4 is 23.6 Å². The molecule has 0 aromatic carbocycles. The Morgan fingerprint density at radius 2 is 2.05 bits per heavy atom. The summed E-state index contributed by atoms with van der Waals surface area (Å²) in [6, 6.07) is 1.64. The Hall–Kier alpha value is -1.43. The summed E-state index contributed by atoms with van der Waals surface area (Å²) in [6.45, 7) is 1.71. The minimum Gasteiger partial charge on any atom is -0.475 e. The number of nitrogens with zero attached hydrogens (tertiary/aromatic N) is 1. The predicted octanol–water partition coefficient (Wildman–Crippen LogP) is 2.22. The van der Waals surface area contributed by atoms with Gasteiger partial charge in [-0.3, -0.25) is 4.79 Å². The second kappa shape index (κ2) is 6.65. The molecule has 1 N–H and O–H groups in total. The van der Waals surface area contributed by atoms with E-state index < -0.39 is 5.97 Å². The maximum Gasteiger partial charge on any atom is 0.372 e. The molecule has 6 heteroatoms. The van der Waals surface area contributed by atoms with E-state index in [1.165, 1.54) is 24.4 Å². The lowest BCUT2D eigenvalue weighted by Crippen LogP contribution is -2.36. The molecule has 0 saturated carbocycles. The molecule has 5 nitrogen and oxygen atoms in total. The minimum absolute atomic E-state index is 0.0297. The fourth-order valence-corrected chi connectivity index (χ4v) is 3.03. The zero-order chi connectivity index (χ0) is 13.7. The van der Waals surface area contributed by atoms with Crippen LogP contribution in [0.1, 0.15) is 35.4 Å². The van der Waals surface area contributed by atoms with Gasteiger partial charge in [-0.25, -0.2) is 4.79 Å². The molecule has 0 aliphatic carbocycles. The van der Waals surface area contributed by atoms with Crippen LogP contribution in [0.4, 0.5) is 0 Å². The third-order valence-electron chi connectivity index (χ3n) is 3.13. The van der Waals surface area contributed by atoms with Crippen molar-refractivity contribution in [2.24, 2.45) is 0 Å². The number of carboxylic acid groups (broad SMARTS) is 1. The average Bonchev–Trinajstić information content (AvgIpc) is 2.88. The number of thioether (sulfide) groups is 1. The normalized spacial score (nSPS) is 15.5. The minimum atomic E-state index is -1.07. The molecule has 0 spiro atoms. The van der Waals surface area contributed by atoms with E-state index in [9.17, 15) is 9.59 Å². The number of hydrogen-bond donors (Lipinski definition) is 1. The number of carboxylic acids is 1. The molecule has 2 heterocycles. The highest BCUT2D eigenvalue weighted by molar-refractivity contribution is 7.99. The van der Waals surface area contributed by atoms with Gasteiger partial charge in [-0.05, 0) is 25.3 Å². The Morgan fingerprint density at radius 1 is 1.32 bits per heavy atom. The zero-order valence-corrected chi connectivity index (χ0v) is 11.4. The first kappa shape index (κ1) is 14.0. The van der Waals surface area contributed by atoms with Crippen molar-refractivity contribution in [1.29, 1.82) is 0 Å². The van der Waals surface area contributed by atoms with E-state index in [0.29, 0.717) is 17.1 Å². The molecule has 1 saturated heterocycles. The first-order valence-electron chi connectivity index (χ1n) is 6.33. The molecular formula is C13H17NO4S. The Morgan fingerprint density at radius 3 is 2.74 bits per heavy atom. The fourth-order valence-electron chi connectivity index (χ4n) is 2.12. The van der Waals surface area contributed by atoms with Crippen molar-refractivity contribution in [3.8, 4) is 0 Å². The predicted molar refractivity (Wildman–Crippen MR) is 72.3 cm³/mol. The molecule has 1 aliphatic heterocycles. The van der Waals surface area contributed by atoms with E-state index in [4.69, 9.17) is 9.52 Å². The lowest BCUT2D eigenvalue weighted by Gasteiger charge is -2.26. The number of piperidine rings is 1. The molecule has 1 amide bonds. The Kier molecular flexibility index (Phi) is 4.90. The summed E-state index contributed by atoms with van der Waals surface area (Å²) < 4.78 is 4.89. The SMILES string of the molecule is O=C(O)c1occc1CSCC(=O)N1CCCCC1. The van der Waals surface area contributed by atoms with Gasteiger partial charge in [-0.1, -0.05) is 0 Å². The fraction of sp³-hybridized carbons (Fsp3) is 0.538. The van der Waals surface area contributed by atoms with Gasteiger partial charge in [0, 0.05) is 24.4 Å². The number of rotatable bonds is 5. The third-order valence-corrected chi connectivity index (χ3v) is 4.10. The van der Waals surface area contributed by atoms with Crippen molar-refractivity contribution < 1.29 is 19.1 Å². The molecule has 19 heavy (non-hydrogen) atoms. The van der Waals surface area contributed by atoms with Gasteiger partial charge in [0.25, 0.3) is 0 Å². The highest BCUT2D eigenvalue weighted by Gasteiger charge is 2.17. The number of amides is 1. The van der Waals surface area contributed by atoms with Crippen molar-refractivity contribution in [3.63, 3.8) is 0 Å². The number of furan rings is 1. The van der Waals surface area contributed by atoms with Crippen LogP contribution in [0.15, 0.2) is 16.7 Å². The quantitative estimate of drug-likeness (QED) is 0.897. The number of carbonyl (C=O) groups excluding carboxylic acids is 1. The number of aromatic carboxylic acids is 1. The lowest BCUT2D eigenvalue weighted by molar-refractivity contribution is -0.129. The molecule has 2 rings (SSSR count). The molecule has 1 aromatic heterocycles. The van der Waals surface area contributed by atoms with E-state index in [-0.39, 0.29) is 11.7 Å². The largest absolute Gasteiger partial charge is 0.475 e. The highest BCUT2D eigenvalue weighted by Crippen LogP contribution is 2.19. The average molecular weight is 283 g/mol. The lowest BCUT2D eigenvalue weighted by atomic mass is 10.1. The van der Waals surface area contributed by atoms with E-state index >= 15 is 0 Å². The van der Waals surface area contributed by atoms with Gasteiger partial charge in [0.05, 0.1) is 12.0 Å². The van der Waals surface area contributed by atoms with Crippen LogP contribution in [-0.2, 0) is 10.5 Å². The third kappa shape index (κ3) is 3.76. The van der Waals surface area contributed by atoms with Crippen LogP contribution in [0.3, 0.4) is 0 Å². The van der Waals surface area contributed by atoms with Crippen LogP contribution < -0.4 is 0 Å². The molecule has 1 aromatic rings. The topological polar surface area (TPSA) is 70.7 Å². The standard InChI is InChI=1S/C13H17NO4S/c15-11(14-5-2-1-3-6-14)9-19-8-10-4-7-18-12(10)13(16)17/h4,7H,1-3,5-6,8-9H2,(H,16,17). The Bertz CT molecular complexity index is 451. The number of hydrogen-bond acceptors (Lipinski definition) is 4. The molecule has 1 aliphatic rings. The van der Waals surface area contributed by atoms with Gasteiger partial charge < -0.3 is 14.4 Å². The number of carbonyl (C=O) groups is 2. The Balaban J connectivity index is 1.78. The Labute approximate surface area is 116 Å². The van der Waals surface area contributed by atoms with Crippen LogP contribution in [0.5, 0.6) is 0 Å². The van der Waals surface area contributed by atoms with Gasteiger partial charge in [0.1, 0.15) is 0 Å². The molecule has 104 valence electrons. The highest BCUT2D eigenvalue weighted by atomic mass is 32.2. The first-order valence-corrected chi connectivity index (χ1v) is 7.49. The summed E-state index contributed by atoms with van der Waals surface area (Å²) >= 11 is 1.43. The monoisotopic (exact) mass is 283 g/mol. The van der Waals surface area contributed by atoms with Gasteiger partial charge in [0.2, 0.25) is 11.7 Å². The molecular weight excluding hydrogens is 266 g/mol. The van der Waals surface area contributed by atoms with Crippen LogP contribution in [0.25, 0.3) is 0 Å². The first-order chi connectivity index (χ1) is 9.18. The maximum atomic E-state index is 11.9. The van der Waals surface area contributed by atoms with E-state index in [1.807, 2.05) is 4.90 Å². The molecule has 1 fully saturated rings. The van der Waals surface area contributed by atoms with Crippen molar-refractivity contribution in [1.82, 2.24) is 4.90 Å². The van der Waals surface area contributed by atoms with Crippen LogP contribution in [0.2, 0.25) is 0 Å². The summed E-state index contributed by atoms with van der Waals surface area (Å²) in [5.74, 6) is -0.0759. The van der Waals surface area contributed by atoms with Crippen molar-refractivity contribution in [2.75, 3.05) is 18.8 Å². The van der Waals surface area contributed by atoms with E-state index in [0.717, 1.165) is 25.9 Å². The smallest absolute Gasteiger partial charge is 0.372 e. The molecule has 0 radical (unpaired) electrons. The van der Waals surface area contributed by atoms with Crippen molar-refractivity contribution in [2.45, 2.75) is 25.0 Å². The second-order valence-electron chi connectivity index (χ2n) is 4.51. The molecule has 0 bridgehead atoms. The maximum absolute atomic E-state index is 11.9. The van der Waals surface area contributed by atoms with Crippen LogP contribution in [-0.4, -0.2) is 40.7 Å². The molecule has 0 unspecified atom stereocenters. The summed E-state index contributed by atoms with van der Waals surface area (Å²) in [7, 11) is 0.